The largest absolute Gasteiger partial charge is 0.326 e. The van der Waals surface area contributed by atoms with Crippen molar-refractivity contribution in [2.24, 2.45) is 0 Å². The van der Waals surface area contributed by atoms with E-state index < -0.39 is 9.84 Å². The van der Waals surface area contributed by atoms with Crippen molar-refractivity contribution >= 4 is 21.4 Å². The Labute approximate surface area is 136 Å². The molecule has 0 saturated heterocycles. The second-order valence-electron chi connectivity index (χ2n) is 5.71. The summed E-state index contributed by atoms with van der Waals surface area (Å²) in [6.45, 7) is 1.61. The van der Waals surface area contributed by atoms with Crippen LogP contribution < -0.4 is 5.32 Å². The fourth-order valence-corrected chi connectivity index (χ4v) is 3.86. The van der Waals surface area contributed by atoms with Crippen LogP contribution in [0, 0.1) is 0 Å². The summed E-state index contributed by atoms with van der Waals surface area (Å²) in [4.78, 5) is 12.8. The number of anilines is 1. The molecule has 0 radical (unpaired) electrons. The summed E-state index contributed by atoms with van der Waals surface area (Å²) in [7, 11) is -3.21. The van der Waals surface area contributed by atoms with E-state index in [4.69, 9.17) is 0 Å². The normalized spacial score (nSPS) is 16.8. The maximum Gasteiger partial charge on any atom is 0.231 e. The van der Waals surface area contributed by atoms with Gasteiger partial charge in [-0.1, -0.05) is 31.2 Å². The Kier molecular flexibility index (Phi) is 4.22. The van der Waals surface area contributed by atoms with Gasteiger partial charge >= 0.3 is 0 Å². The van der Waals surface area contributed by atoms with Crippen LogP contribution in [0.1, 0.15) is 30.4 Å². The van der Waals surface area contributed by atoms with Crippen molar-refractivity contribution in [3.05, 3.63) is 59.7 Å². The van der Waals surface area contributed by atoms with Crippen molar-refractivity contribution in [2.75, 3.05) is 11.1 Å². The minimum absolute atomic E-state index is 0.0407. The minimum atomic E-state index is -3.21. The molecule has 0 fully saturated rings. The van der Waals surface area contributed by atoms with Gasteiger partial charge in [0.1, 0.15) is 0 Å². The number of amides is 1. The molecule has 1 aliphatic carbocycles. The van der Waals surface area contributed by atoms with E-state index in [-0.39, 0.29) is 22.5 Å². The van der Waals surface area contributed by atoms with Crippen LogP contribution in [0.25, 0.3) is 0 Å². The van der Waals surface area contributed by atoms with E-state index in [1.54, 1.807) is 19.1 Å². The molecule has 5 heteroatoms. The summed E-state index contributed by atoms with van der Waals surface area (Å²) in [6, 6.07) is 14.4. The Hall–Kier alpha value is -2.14. The molecule has 0 bridgehead atoms. The van der Waals surface area contributed by atoms with Crippen LogP contribution in [0.4, 0.5) is 5.69 Å². The second-order valence-corrected chi connectivity index (χ2v) is 7.99. The van der Waals surface area contributed by atoms with Crippen molar-refractivity contribution in [3.8, 4) is 0 Å². The standard InChI is InChI=1S/C18H19NO3S/c1-2-23(21,22)15-10-8-14(9-11-15)19-18(20)17-12-7-13-5-3-4-6-16(13)17/h3-6,8-11,17H,2,7,12H2,1H3,(H,19,20)/t17-/m1/s1. The van der Waals surface area contributed by atoms with E-state index >= 15 is 0 Å². The van der Waals surface area contributed by atoms with Gasteiger partial charge in [0.2, 0.25) is 5.91 Å². The molecule has 3 rings (SSSR count). The molecule has 0 unspecified atom stereocenters. The molecule has 4 nitrogen and oxygen atoms in total. The van der Waals surface area contributed by atoms with Gasteiger partial charge in [-0.05, 0) is 48.2 Å². The summed E-state index contributed by atoms with van der Waals surface area (Å²) in [5.41, 5.74) is 2.95. The average molecular weight is 329 g/mol. The maximum atomic E-state index is 12.5. The number of rotatable bonds is 4. The van der Waals surface area contributed by atoms with Crippen LogP contribution in [0.3, 0.4) is 0 Å². The van der Waals surface area contributed by atoms with Crippen molar-refractivity contribution in [1.29, 1.82) is 0 Å². The van der Waals surface area contributed by atoms with Crippen molar-refractivity contribution in [1.82, 2.24) is 0 Å². The fraction of sp³-hybridized carbons (Fsp3) is 0.278. The van der Waals surface area contributed by atoms with Crippen LogP contribution in [0.2, 0.25) is 0 Å². The third-order valence-electron chi connectivity index (χ3n) is 4.31. The Morgan fingerprint density at radius 2 is 1.83 bits per heavy atom. The molecule has 1 amide bonds. The van der Waals surface area contributed by atoms with Gasteiger partial charge in [0.25, 0.3) is 0 Å². The molecule has 120 valence electrons. The summed E-state index contributed by atoms with van der Waals surface area (Å²) >= 11 is 0. The van der Waals surface area contributed by atoms with E-state index in [0.717, 1.165) is 18.4 Å². The highest BCUT2D eigenvalue weighted by molar-refractivity contribution is 7.91. The third kappa shape index (κ3) is 3.15. The molecule has 0 heterocycles. The number of sulfone groups is 1. The van der Waals surface area contributed by atoms with E-state index in [2.05, 4.69) is 11.4 Å². The highest BCUT2D eigenvalue weighted by Gasteiger charge is 2.28. The zero-order valence-electron chi connectivity index (χ0n) is 13.0. The number of hydrogen-bond donors (Lipinski definition) is 1. The summed E-state index contributed by atoms with van der Waals surface area (Å²) < 4.78 is 23.6. The SMILES string of the molecule is CCS(=O)(=O)c1ccc(NC(=O)[C@@H]2CCc3ccccc32)cc1. The van der Waals surface area contributed by atoms with E-state index in [1.165, 1.54) is 17.7 Å². The second kappa shape index (κ2) is 6.16. The van der Waals surface area contributed by atoms with Crippen molar-refractivity contribution < 1.29 is 13.2 Å². The number of fused-ring (bicyclic) bond motifs is 1. The molecule has 23 heavy (non-hydrogen) atoms. The molecular formula is C18H19NO3S. The average Bonchev–Trinajstić information content (AvgIpc) is 2.99. The predicted octanol–water partition coefficient (Wildman–Crippen LogP) is 3.15. The number of nitrogens with one attached hydrogen (secondary N) is 1. The van der Waals surface area contributed by atoms with Gasteiger partial charge in [-0.15, -0.1) is 0 Å². The maximum absolute atomic E-state index is 12.5. The molecule has 2 aromatic carbocycles. The first kappa shape index (κ1) is 15.7. The number of hydrogen-bond acceptors (Lipinski definition) is 3. The molecule has 0 saturated carbocycles. The predicted molar refractivity (Wildman–Crippen MR) is 90.3 cm³/mol. The van der Waals surface area contributed by atoms with E-state index in [0.29, 0.717) is 5.69 Å². The molecule has 2 aromatic rings. The van der Waals surface area contributed by atoms with Gasteiger partial charge in [0, 0.05) is 5.69 Å². The van der Waals surface area contributed by atoms with Gasteiger partial charge in [-0.2, -0.15) is 0 Å². The Bertz CT molecular complexity index is 826. The smallest absolute Gasteiger partial charge is 0.231 e. The first-order valence-electron chi connectivity index (χ1n) is 7.73. The molecule has 1 N–H and O–H groups in total. The number of benzene rings is 2. The first-order chi connectivity index (χ1) is 11.0. The van der Waals surface area contributed by atoms with Crippen LogP contribution in [0.15, 0.2) is 53.4 Å². The summed E-state index contributed by atoms with van der Waals surface area (Å²) in [6.07, 6.45) is 1.73. The van der Waals surface area contributed by atoms with Gasteiger partial charge in [-0.25, -0.2) is 8.42 Å². The van der Waals surface area contributed by atoms with Crippen LogP contribution in [0.5, 0.6) is 0 Å². The molecular weight excluding hydrogens is 310 g/mol. The van der Waals surface area contributed by atoms with Crippen molar-refractivity contribution in [2.45, 2.75) is 30.6 Å². The van der Waals surface area contributed by atoms with Crippen LogP contribution >= 0.6 is 0 Å². The van der Waals surface area contributed by atoms with Crippen LogP contribution in [-0.4, -0.2) is 20.1 Å². The molecule has 1 atom stereocenters. The zero-order valence-corrected chi connectivity index (χ0v) is 13.8. The van der Waals surface area contributed by atoms with Crippen molar-refractivity contribution in [3.63, 3.8) is 0 Å². The lowest BCUT2D eigenvalue weighted by Gasteiger charge is -2.12. The monoisotopic (exact) mass is 329 g/mol. The van der Waals surface area contributed by atoms with E-state index in [9.17, 15) is 13.2 Å². The number of carbonyl (C=O) groups excluding carboxylic acids is 1. The van der Waals surface area contributed by atoms with E-state index in [1.807, 2.05) is 18.2 Å². The van der Waals surface area contributed by atoms with Gasteiger partial charge < -0.3 is 5.32 Å². The molecule has 0 aromatic heterocycles. The fourth-order valence-electron chi connectivity index (χ4n) is 2.97. The minimum Gasteiger partial charge on any atom is -0.326 e. The Morgan fingerprint density at radius 1 is 1.13 bits per heavy atom. The Morgan fingerprint density at radius 3 is 2.52 bits per heavy atom. The molecule has 0 aliphatic heterocycles. The Balaban J connectivity index is 1.74. The highest BCUT2D eigenvalue weighted by Crippen LogP contribution is 2.33. The highest BCUT2D eigenvalue weighted by atomic mass is 32.2. The third-order valence-corrected chi connectivity index (χ3v) is 6.06. The first-order valence-corrected chi connectivity index (χ1v) is 9.38. The summed E-state index contributed by atoms with van der Waals surface area (Å²) in [5, 5.41) is 2.89. The van der Waals surface area contributed by atoms with Gasteiger partial charge in [0.05, 0.1) is 16.6 Å². The van der Waals surface area contributed by atoms with Gasteiger partial charge in [-0.3, -0.25) is 4.79 Å². The topological polar surface area (TPSA) is 63.2 Å². The number of carbonyl (C=O) groups is 1. The van der Waals surface area contributed by atoms with Gasteiger partial charge in [0.15, 0.2) is 9.84 Å². The summed E-state index contributed by atoms with van der Waals surface area (Å²) in [5.74, 6) is -0.108. The quantitative estimate of drug-likeness (QED) is 0.937. The lowest BCUT2D eigenvalue weighted by Crippen LogP contribution is -2.19. The molecule has 1 aliphatic rings. The lowest BCUT2D eigenvalue weighted by atomic mass is 10.0. The number of aryl methyl sites for hydroxylation is 1. The zero-order chi connectivity index (χ0) is 16.4. The molecule has 0 spiro atoms. The lowest BCUT2D eigenvalue weighted by molar-refractivity contribution is -0.117. The van der Waals surface area contributed by atoms with Crippen LogP contribution in [-0.2, 0) is 21.1 Å².